The molecule has 26 heavy (non-hydrogen) atoms. The smallest absolute Gasteiger partial charge is 0.257 e. The predicted molar refractivity (Wildman–Crippen MR) is 120 cm³/mol. The SMILES string of the molecule is C[C@@H]1CCCCN1c1ccc(NC(=S)NC(=O)c2cccc(I)c2)cc1. The molecule has 2 aromatic carbocycles. The van der Waals surface area contributed by atoms with Crippen LogP contribution in [0.2, 0.25) is 0 Å². The molecule has 0 unspecified atom stereocenters. The van der Waals surface area contributed by atoms with Gasteiger partial charge in [0, 0.05) is 33.1 Å². The Morgan fingerprint density at radius 1 is 1.19 bits per heavy atom. The lowest BCUT2D eigenvalue weighted by molar-refractivity contribution is 0.0977. The number of hydrogen-bond donors (Lipinski definition) is 2. The van der Waals surface area contributed by atoms with Gasteiger partial charge in [-0.2, -0.15) is 0 Å². The Morgan fingerprint density at radius 3 is 2.65 bits per heavy atom. The number of halogens is 1. The second-order valence-corrected chi connectivity index (χ2v) is 8.16. The van der Waals surface area contributed by atoms with Crippen LogP contribution in [0.5, 0.6) is 0 Å². The van der Waals surface area contributed by atoms with Gasteiger partial charge in [0.2, 0.25) is 0 Å². The largest absolute Gasteiger partial charge is 0.369 e. The van der Waals surface area contributed by atoms with Gasteiger partial charge in [-0.15, -0.1) is 0 Å². The summed E-state index contributed by atoms with van der Waals surface area (Å²) in [5.74, 6) is -0.209. The lowest BCUT2D eigenvalue weighted by Crippen LogP contribution is -2.37. The van der Waals surface area contributed by atoms with Crippen LogP contribution in [0, 0.1) is 3.57 Å². The van der Waals surface area contributed by atoms with E-state index >= 15 is 0 Å². The molecule has 0 aliphatic carbocycles. The van der Waals surface area contributed by atoms with Gasteiger partial charge in [0.25, 0.3) is 5.91 Å². The van der Waals surface area contributed by atoms with Crippen molar-refractivity contribution < 1.29 is 4.79 Å². The zero-order valence-corrected chi connectivity index (χ0v) is 17.6. The average Bonchev–Trinajstić information content (AvgIpc) is 2.63. The van der Waals surface area contributed by atoms with Crippen molar-refractivity contribution in [2.45, 2.75) is 32.2 Å². The van der Waals surface area contributed by atoms with E-state index in [0.29, 0.717) is 16.7 Å². The van der Waals surface area contributed by atoms with Crippen molar-refractivity contribution in [1.29, 1.82) is 0 Å². The highest BCUT2D eigenvalue weighted by Gasteiger charge is 2.18. The lowest BCUT2D eigenvalue weighted by Gasteiger charge is -2.35. The Balaban J connectivity index is 1.58. The van der Waals surface area contributed by atoms with Gasteiger partial charge >= 0.3 is 0 Å². The van der Waals surface area contributed by atoms with Gasteiger partial charge in [-0.3, -0.25) is 10.1 Å². The van der Waals surface area contributed by atoms with Crippen molar-refractivity contribution in [3.05, 3.63) is 57.7 Å². The van der Waals surface area contributed by atoms with Gasteiger partial charge < -0.3 is 10.2 Å². The summed E-state index contributed by atoms with van der Waals surface area (Å²) in [7, 11) is 0. The number of nitrogens with zero attached hydrogens (tertiary/aromatic N) is 1. The molecule has 1 aliphatic rings. The molecule has 0 bridgehead atoms. The molecule has 3 rings (SSSR count). The molecular weight excluding hydrogens is 457 g/mol. The van der Waals surface area contributed by atoms with Gasteiger partial charge in [-0.05, 0) is 103 Å². The van der Waals surface area contributed by atoms with Crippen molar-refractivity contribution >= 4 is 57.2 Å². The second-order valence-electron chi connectivity index (χ2n) is 6.50. The maximum absolute atomic E-state index is 12.2. The summed E-state index contributed by atoms with van der Waals surface area (Å²) in [5.41, 5.74) is 2.69. The number of carbonyl (C=O) groups excluding carboxylic acids is 1. The molecule has 1 saturated heterocycles. The number of rotatable bonds is 3. The van der Waals surface area contributed by atoms with E-state index in [1.54, 1.807) is 6.07 Å². The first-order valence-corrected chi connectivity index (χ1v) is 10.3. The molecule has 0 saturated carbocycles. The van der Waals surface area contributed by atoms with E-state index in [4.69, 9.17) is 12.2 Å². The molecule has 0 aromatic heterocycles. The molecule has 2 aromatic rings. The third-order valence-electron chi connectivity index (χ3n) is 4.57. The lowest BCUT2D eigenvalue weighted by atomic mass is 10.0. The van der Waals surface area contributed by atoms with Crippen LogP contribution in [0.25, 0.3) is 0 Å². The van der Waals surface area contributed by atoms with Crippen molar-refractivity contribution in [2.24, 2.45) is 0 Å². The first-order chi connectivity index (χ1) is 12.5. The van der Waals surface area contributed by atoms with Crippen LogP contribution in [0.15, 0.2) is 48.5 Å². The standard InChI is InChI=1S/C20H22IN3OS/c1-14-5-2-3-12-24(14)18-10-8-17(9-11-18)22-20(26)23-19(25)15-6-4-7-16(21)13-15/h4,6-11,13-14H,2-3,5,12H2,1H3,(H2,22,23,25,26)/t14-/m1/s1. The minimum Gasteiger partial charge on any atom is -0.369 e. The monoisotopic (exact) mass is 479 g/mol. The Bertz CT molecular complexity index is 794. The van der Waals surface area contributed by atoms with Crippen molar-refractivity contribution in [3.8, 4) is 0 Å². The van der Waals surface area contributed by atoms with E-state index in [1.165, 1.54) is 24.9 Å². The summed E-state index contributed by atoms with van der Waals surface area (Å²) in [6, 6.07) is 16.2. The summed E-state index contributed by atoms with van der Waals surface area (Å²) in [6.45, 7) is 3.39. The summed E-state index contributed by atoms with van der Waals surface area (Å²) < 4.78 is 1.01. The Hall–Kier alpha value is -1.67. The minimum absolute atomic E-state index is 0.209. The number of benzene rings is 2. The van der Waals surface area contributed by atoms with Crippen LogP contribution in [0.4, 0.5) is 11.4 Å². The van der Waals surface area contributed by atoms with E-state index in [9.17, 15) is 4.79 Å². The zero-order valence-electron chi connectivity index (χ0n) is 14.7. The molecule has 6 heteroatoms. The van der Waals surface area contributed by atoms with E-state index in [-0.39, 0.29) is 5.91 Å². The number of nitrogens with one attached hydrogen (secondary N) is 2. The third kappa shape index (κ3) is 4.94. The maximum atomic E-state index is 12.2. The molecule has 0 spiro atoms. The van der Waals surface area contributed by atoms with Crippen LogP contribution in [0.3, 0.4) is 0 Å². The molecule has 1 amide bonds. The number of thiocarbonyl (C=S) groups is 1. The summed E-state index contributed by atoms with van der Waals surface area (Å²) >= 11 is 7.45. The van der Waals surface area contributed by atoms with Gasteiger partial charge in [-0.1, -0.05) is 6.07 Å². The maximum Gasteiger partial charge on any atom is 0.257 e. The predicted octanol–water partition coefficient (Wildman–Crippen LogP) is 4.80. The molecule has 1 atom stereocenters. The number of piperidine rings is 1. The zero-order chi connectivity index (χ0) is 18.5. The number of carbonyl (C=O) groups is 1. The van der Waals surface area contributed by atoms with Gasteiger partial charge in [0.1, 0.15) is 0 Å². The summed E-state index contributed by atoms with van der Waals surface area (Å²) in [5, 5.41) is 6.10. The van der Waals surface area contributed by atoms with Crippen LogP contribution in [0.1, 0.15) is 36.5 Å². The van der Waals surface area contributed by atoms with Crippen LogP contribution in [-0.4, -0.2) is 23.6 Å². The first kappa shape index (κ1) is 19.1. The molecule has 2 N–H and O–H groups in total. The highest BCUT2D eigenvalue weighted by Crippen LogP contribution is 2.25. The fraction of sp³-hybridized carbons (Fsp3) is 0.300. The number of hydrogen-bond acceptors (Lipinski definition) is 3. The number of amides is 1. The van der Waals surface area contributed by atoms with Gasteiger partial charge in [0.15, 0.2) is 5.11 Å². The van der Waals surface area contributed by atoms with Crippen molar-refractivity contribution in [2.75, 3.05) is 16.8 Å². The molecule has 4 nitrogen and oxygen atoms in total. The van der Waals surface area contributed by atoms with E-state index in [0.717, 1.165) is 15.8 Å². The Kier molecular flexibility index (Phi) is 6.48. The highest BCUT2D eigenvalue weighted by atomic mass is 127. The van der Waals surface area contributed by atoms with Gasteiger partial charge in [0.05, 0.1) is 0 Å². The van der Waals surface area contributed by atoms with E-state index < -0.39 is 0 Å². The molecule has 1 heterocycles. The second kappa shape index (κ2) is 8.81. The topological polar surface area (TPSA) is 44.4 Å². The Labute approximate surface area is 173 Å². The fourth-order valence-electron chi connectivity index (χ4n) is 3.19. The van der Waals surface area contributed by atoms with Crippen LogP contribution >= 0.6 is 34.8 Å². The molecule has 0 radical (unpaired) electrons. The van der Waals surface area contributed by atoms with E-state index in [1.807, 2.05) is 30.3 Å². The Morgan fingerprint density at radius 2 is 1.96 bits per heavy atom. The molecular formula is C20H22IN3OS. The van der Waals surface area contributed by atoms with Crippen molar-refractivity contribution in [3.63, 3.8) is 0 Å². The fourth-order valence-corrected chi connectivity index (χ4v) is 3.94. The first-order valence-electron chi connectivity index (χ1n) is 8.77. The molecule has 1 fully saturated rings. The molecule has 136 valence electrons. The highest BCUT2D eigenvalue weighted by molar-refractivity contribution is 14.1. The average molecular weight is 479 g/mol. The number of anilines is 2. The minimum atomic E-state index is -0.209. The van der Waals surface area contributed by atoms with Crippen molar-refractivity contribution in [1.82, 2.24) is 5.32 Å². The summed E-state index contributed by atoms with van der Waals surface area (Å²) in [6.07, 6.45) is 3.80. The van der Waals surface area contributed by atoms with Crippen LogP contribution in [-0.2, 0) is 0 Å². The quantitative estimate of drug-likeness (QED) is 0.491. The third-order valence-corrected chi connectivity index (χ3v) is 5.45. The van der Waals surface area contributed by atoms with Crippen LogP contribution < -0.4 is 15.5 Å². The van der Waals surface area contributed by atoms with E-state index in [2.05, 4.69) is 57.2 Å². The normalized spacial score (nSPS) is 16.8. The summed E-state index contributed by atoms with van der Waals surface area (Å²) in [4.78, 5) is 14.7. The van der Waals surface area contributed by atoms with Gasteiger partial charge in [-0.25, -0.2) is 0 Å². The molecule has 1 aliphatic heterocycles.